The number of carbonyl (C=O) groups is 1. The Balaban J connectivity index is 1.22. The molecule has 2 aromatic rings. The lowest BCUT2D eigenvalue weighted by Gasteiger charge is -2.31. The molecule has 1 aliphatic carbocycles. The monoisotopic (exact) mass is 481 g/mol. The van der Waals surface area contributed by atoms with Crippen molar-refractivity contribution in [2.45, 2.75) is 68.7 Å². The van der Waals surface area contributed by atoms with Gasteiger partial charge in [0.05, 0.1) is 4.90 Å². The maximum atomic E-state index is 13.4. The standard InChI is InChI=1S/C27H35N3O3S/c31-27(28-24-9-5-2-6-10-24)30-18-15-23-20-25(11-12-26(23)30)34(32,33)29-16-13-22(14-17-29)19-21-7-3-1-4-8-21/h1,3-4,7-8,11-12,20,22,24H,2,5-6,9-10,13-19H2,(H,28,31). The summed E-state index contributed by atoms with van der Waals surface area (Å²) in [6, 6.07) is 15.9. The van der Waals surface area contributed by atoms with Gasteiger partial charge in [0, 0.05) is 31.4 Å². The number of anilines is 1. The number of amides is 2. The van der Waals surface area contributed by atoms with E-state index in [9.17, 15) is 13.2 Å². The Kier molecular flexibility index (Phi) is 6.93. The van der Waals surface area contributed by atoms with Crippen molar-refractivity contribution in [3.63, 3.8) is 0 Å². The molecular weight excluding hydrogens is 446 g/mol. The Labute approximate surface area is 203 Å². The zero-order valence-corrected chi connectivity index (χ0v) is 20.6. The second-order valence-electron chi connectivity index (χ2n) is 10.0. The van der Waals surface area contributed by atoms with Crippen molar-refractivity contribution < 1.29 is 13.2 Å². The minimum Gasteiger partial charge on any atom is -0.335 e. The molecule has 34 heavy (non-hydrogen) atoms. The van der Waals surface area contributed by atoms with Crippen LogP contribution in [0.25, 0.3) is 0 Å². The Bertz CT molecular complexity index is 1110. The van der Waals surface area contributed by atoms with Crippen molar-refractivity contribution in [2.24, 2.45) is 5.92 Å². The quantitative estimate of drug-likeness (QED) is 0.671. The van der Waals surface area contributed by atoms with E-state index in [4.69, 9.17) is 0 Å². The Morgan fingerprint density at radius 3 is 2.38 bits per heavy atom. The van der Waals surface area contributed by atoms with Crippen LogP contribution in [0.1, 0.15) is 56.1 Å². The van der Waals surface area contributed by atoms with Crippen LogP contribution in [-0.4, -0.2) is 44.4 Å². The van der Waals surface area contributed by atoms with Crippen molar-refractivity contribution in [2.75, 3.05) is 24.5 Å². The van der Waals surface area contributed by atoms with Crippen LogP contribution in [0.4, 0.5) is 10.5 Å². The smallest absolute Gasteiger partial charge is 0.322 e. The van der Waals surface area contributed by atoms with Crippen molar-refractivity contribution in [3.8, 4) is 0 Å². The fourth-order valence-corrected chi connectivity index (χ4v) is 7.22. The summed E-state index contributed by atoms with van der Waals surface area (Å²) in [6.45, 7) is 1.72. The molecule has 1 saturated heterocycles. The van der Waals surface area contributed by atoms with Gasteiger partial charge in [-0.05, 0) is 73.8 Å². The second-order valence-corrected chi connectivity index (χ2v) is 12.0. The molecule has 6 nitrogen and oxygen atoms in total. The van der Waals surface area contributed by atoms with E-state index in [-0.39, 0.29) is 12.1 Å². The molecule has 2 heterocycles. The third-order valence-corrected chi connectivity index (χ3v) is 9.60. The predicted octanol–water partition coefficient (Wildman–Crippen LogP) is 4.73. The van der Waals surface area contributed by atoms with Gasteiger partial charge in [-0.15, -0.1) is 0 Å². The van der Waals surface area contributed by atoms with E-state index in [1.807, 2.05) is 12.1 Å². The zero-order chi connectivity index (χ0) is 23.5. The van der Waals surface area contributed by atoms with E-state index in [1.54, 1.807) is 21.3 Å². The number of urea groups is 1. The number of piperidine rings is 1. The van der Waals surface area contributed by atoms with Crippen molar-refractivity contribution in [3.05, 3.63) is 59.7 Å². The van der Waals surface area contributed by atoms with Gasteiger partial charge in [-0.3, -0.25) is 4.90 Å². The van der Waals surface area contributed by atoms with Crippen molar-refractivity contribution >= 4 is 21.7 Å². The summed E-state index contributed by atoms with van der Waals surface area (Å²) in [7, 11) is -3.53. The summed E-state index contributed by atoms with van der Waals surface area (Å²) in [6.07, 6.45) is 9.15. The van der Waals surface area contributed by atoms with E-state index in [1.165, 1.54) is 24.8 Å². The summed E-state index contributed by atoms with van der Waals surface area (Å²) < 4.78 is 28.4. The maximum absolute atomic E-state index is 13.4. The molecule has 0 atom stereocenters. The average molecular weight is 482 g/mol. The largest absolute Gasteiger partial charge is 0.335 e. The van der Waals surface area contributed by atoms with Crippen LogP contribution in [0.5, 0.6) is 0 Å². The van der Waals surface area contributed by atoms with E-state index in [0.29, 0.717) is 36.9 Å². The van der Waals surface area contributed by atoms with Gasteiger partial charge in [0.2, 0.25) is 10.0 Å². The topological polar surface area (TPSA) is 69.7 Å². The van der Waals surface area contributed by atoms with Gasteiger partial charge in [0.25, 0.3) is 0 Å². The summed E-state index contributed by atoms with van der Waals surface area (Å²) in [5.74, 6) is 0.519. The molecule has 0 spiro atoms. The lowest BCUT2D eigenvalue weighted by Crippen LogP contribution is -2.45. The molecular formula is C27H35N3O3S. The summed E-state index contributed by atoms with van der Waals surface area (Å²) in [5, 5.41) is 3.18. The molecule has 3 aliphatic rings. The highest BCUT2D eigenvalue weighted by atomic mass is 32.2. The molecule has 2 aliphatic heterocycles. The first kappa shape index (κ1) is 23.4. The molecule has 182 valence electrons. The minimum absolute atomic E-state index is 0.0539. The van der Waals surface area contributed by atoms with E-state index < -0.39 is 10.0 Å². The number of sulfonamides is 1. The molecule has 0 radical (unpaired) electrons. The SMILES string of the molecule is O=C(NC1CCCCC1)N1CCc2cc(S(=O)(=O)N3CCC(Cc4ccccc4)CC3)ccc21. The first-order chi connectivity index (χ1) is 16.5. The van der Waals surface area contributed by atoms with Crippen LogP contribution >= 0.6 is 0 Å². The predicted molar refractivity (Wildman–Crippen MR) is 135 cm³/mol. The number of fused-ring (bicyclic) bond motifs is 1. The summed E-state index contributed by atoms with van der Waals surface area (Å²) in [4.78, 5) is 15.0. The number of hydrogen-bond acceptors (Lipinski definition) is 3. The highest BCUT2D eigenvalue weighted by Crippen LogP contribution is 2.33. The third-order valence-electron chi connectivity index (χ3n) is 7.70. The number of nitrogens with zero attached hydrogens (tertiary/aromatic N) is 2. The van der Waals surface area contributed by atoms with E-state index >= 15 is 0 Å². The molecule has 1 N–H and O–H groups in total. The molecule has 0 bridgehead atoms. The first-order valence-electron chi connectivity index (χ1n) is 12.8. The van der Waals surface area contributed by atoms with Crippen LogP contribution in [0, 0.1) is 5.92 Å². The summed E-state index contributed by atoms with van der Waals surface area (Å²) in [5.41, 5.74) is 3.10. The maximum Gasteiger partial charge on any atom is 0.322 e. The van der Waals surface area contributed by atoms with Gasteiger partial charge < -0.3 is 5.32 Å². The molecule has 2 fully saturated rings. The number of benzene rings is 2. The molecule has 7 heteroatoms. The molecule has 1 saturated carbocycles. The fourth-order valence-electron chi connectivity index (χ4n) is 5.70. The Morgan fingerprint density at radius 2 is 1.65 bits per heavy atom. The van der Waals surface area contributed by atoms with Crippen LogP contribution < -0.4 is 10.2 Å². The van der Waals surface area contributed by atoms with Crippen molar-refractivity contribution in [1.82, 2.24) is 9.62 Å². The van der Waals surface area contributed by atoms with Crippen LogP contribution in [0.3, 0.4) is 0 Å². The van der Waals surface area contributed by atoms with Crippen LogP contribution in [0.2, 0.25) is 0 Å². The normalized spacial score (nSPS) is 20.3. The van der Waals surface area contributed by atoms with Crippen LogP contribution in [0.15, 0.2) is 53.4 Å². The molecule has 0 unspecified atom stereocenters. The first-order valence-corrected chi connectivity index (χ1v) is 14.2. The van der Waals surface area contributed by atoms with E-state index in [2.05, 4.69) is 29.6 Å². The molecule has 2 aromatic carbocycles. The zero-order valence-electron chi connectivity index (χ0n) is 19.8. The molecule has 0 aromatic heterocycles. The lowest BCUT2D eigenvalue weighted by molar-refractivity contribution is 0.238. The number of nitrogens with one attached hydrogen (secondary N) is 1. The summed E-state index contributed by atoms with van der Waals surface area (Å²) >= 11 is 0. The number of carbonyl (C=O) groups excluding carboxylic acids is 1. The fraction of sp³-hybridized carbons (Fsp3) is 0.519. The minimum atomic E-state index is -3.53. The third kappa shape index (κ3) is 5.01. The highest BCUT2D eigenvalue weighted by Gasteiger charge is 2.32. The van der Waals surface area contributed by atoms with Gasteiger partial charge in [-0.25, -0.2) is 13.2 Å². The van der Waals surface area contributed by atoms with E-state index in [0.717, 1.165) is 43.4 Å². The molecule has 5 rings (SSSR count). The van der Waals surface area contributed by atoms with Gasteiger partial charge in [-0.1, -0.05) is 49.6 Å². The Hall–Kier alpha value is -2.38. The second kappa shape index (κ2) is 10.1. The Morgan fingerprint density at radius 1 is 0.912 bits per heavy atom. The van der Waals surface area contributed by atoms with Crippen molar-refractivity contribution in [1.29, 1.82) is 0 Å². The average Bonchev–Trinajstić information content (AvgIpc) is 3.29. The van der Waals surface area contributed by atoms with Gasteiger partial charge in [0.15, 0.2) is 0 Å². The molecule has 2 amide bonds. The van der Waals surface area contributed by atoms with Crippen LogP contribution in [-0.2, 0) is 22.9 Å². The number of rotatable bonds is 5. The lowest BCUT2D eigenvalue weighted by atomic mass is 9.91. The van der Waals surface area contributed by atoms with Gasteiger partial charge in [-0.2, -0.15) is 4.31 Å². The highest BCUT2D eigenvalue weighted by molar-refractivity contribution is 7.89. The van der Waals surface area contributed by atoms with Gasteiger partial charge >= 0.3 is 6.03 Å². The number of hydrogen-bond donors (Lipinski definition) is 1. The van der Waals surface area contributed by atoms with Gasteiger partial charge in [0.1, 0.15) is 0 Å².